The summed E-state index contributed by atoms with van der Waals surface area (Å²) < 4.78 is 7.57. The fourth-order valence-electron chi connectivity index (χ4n) is 4.23. The molecule has 0 amide bonds. The number of esters is 1. The van der Waals surface area contributed by atoms with Gasteiger partial charge in [0.25, 0.3) is 0 Å². The number of benzene rings is 1. The summed E-state index contributed by atoms with van der Waals surface area (Å²) in [5.41, 5.74) is 4.86. The number of carbonyl (C=O) groups excluding carboxylic acids is 1. The number of hydrogen-bond acceptors (Lipinski definition) is 4. The minimum atomic E-state index is -0.137. The number of carbonyl (C=O) groups is 1. The van der Waals surface area contributed by atoms with Crippen LogP contribution in [0.15, 0.2) is 12.1 Å². The van der Waals surface area contributed by atoms with Crippen LogP contribution in [0.1, 0.15) is 36.3 Å². The van der Waals surface area contributed by atoms with Crippen molar-refractivity contribution in [3.05, 3.63) is 29.1 Å². The zero-order valence-electron chi connectivity index (χ0n) is 14.2. The van der Waals surface area contributed by atoms with Crippen molar-refractivity contribution in [2.45, 2.75) is 45.8 Å². The Morgan fingerprint density at radius 1 is 1.35 bits per heavy atom. The van der Waals surface area contributed by atoms with Crippen LogP contribution >= 0.6 is 0 Å². The first kappa shape index (κ1) is 14.7. The Morgan fingerprint density at radius 3 is 2.83 bits per heavy atom. The second-order valence-corrected chi connectivity index (χ2v) is 6.88. The van der Waals surface area contributed by atoms with Crippen LogP contribution in [0.4, 0.5) is 0 Å². The zero-order valence-corrected chi connectivity index (χ0v) is 14.2. The first-order valence-electron chi connectivity index (χ1n) is 8.37. The summed E-state index contributed by atoms with van der Waals surface area (Å²) in [4.78, 5) is 19.2. The van der Waals surface area contributed by atoms with E-state index in [0.29, 0.717) is 12.5 Å². The van der Waals surface area contributed by atoms with E-state index >= 15 is 0 Å². The standard InChI is InChI=1S/C18H23N3O2/c1-5-23-18(22)15-8-12-9-21-14-7-11(3)10(2)6-13(14)19-17(21)16(12)20(15)4/h6-7,12,15-16H,5,8-9H2,1-4H3/t12-,15-,16-/m1/s1. The predicted molar refractivity (Wildman–Crippen MR) is 88.2 cm³/mol. The minimum Gasteiger partial charge on any atom is -0.465 e. The van der Waals surface area contributed by atoms with Crippen LogP contribution in [0.2, 0.25) is 0 Å². The molecule has 2 aromatic rings. The molecule has 1 saturated heterocycles. The summed E-state index contributed by atoms with van der Waals surface area (Å²) in [5.74, 6) is 1.45. The molecule has 0 aliphatic carbocycles. The van der Waals surface area contributed by atoms with Crippen molar-refractivity contribution in [1.82, 2.24) is 14.5 Å². The van der Waals surface area contributed by atoms with Crippen LogP contribution in [0.3, 0.4) is 0 Å². The van der Waals surface area contributed by atoms with Crippen molar-refractivity contribution < 1.29 is 9.53 Å². The van der Waals surface area contributed by atoms with E-state index in [9.17, 15) is 4.79 Å². The molecule has 2 aliphatic rings. The quantitative estimate of drug-likeness (QED) is 0.800. The average molecular weight is 313 g/mol. The van der Waals surface area contributed by atoms with Gasteiger partial charge in [0.2, 0.25) is 0 Å². The van der Waals surface area contributed by atoms with E-state index in [0.717, 1.165) is 24.3 Å². The topological polar surface area (TPSA) is 47.4 Å². The molecule has 0 saturated carbocycles. The van der Waals surface area contributed by atoms with Crippen molar-refractivity contribution in [2.24, 2.45) is 5.92 Å². The van der Waals surface area contributed by atoms with Crippen LogP contribution < -0.4 is 0 Å². The molecule has 1 aromatic heterocycles. The molecule has 0 radical (unpaired) electrons. The first-order chi connectivity index (χ1) is 11.0. The van der Waals surface area contributed by atoms with Gasteiger partial charge in [0.05, 0.1) is 23.7 Å². The third kappa shape index (κ3) is 2.02. The fraction of sp³-hybridized carbons (Fsp3) is 0.556. The summed E-state index contributed by atoms with van der Waals surface area (Å²) in [6.07, 6.45) is 0.857. The van der Waals surface area contributed by atoms with Gasteiger partial charge in [-0.05, 0) is 57.5 Å². The van der Waals surface area contributed by atoms with Crippen LogP contribution in [-0.2, 0) is 16.1 Å². The van der Waals surface area contributed by atoms with Gasteiger partial charge < -0.3 is 9.30 Å². The van der Waals surface area contributed by atoms with Crippen LogP contribution in [0.25, 0.3) is 11.0 Å². The van der Waals surface area contributed by atoms with Gasteiger partial charge in [0.15, 0.2) is 0 Å². The maximum Gasteiger partial charge on any atom is 0.323 e. The third-order valence-electron chi connectivity index (χ3n) is 5.54. The summed E-state index contributed by atoms with van der Waals surface area (Å²) in [5, 5.41) is 0. The Kier molecular flexibility index (Phi) is 3.23. The molecule has 0 spiro atoms. The Bertz CT molecular complexity index is 795. The highest BCUT2D eigenvalue weighted by atomic mass is 16.5. The van der Waals surface area contributed by atoms with E-state index in [4.69, 9.17) is 9.72 Å². The van der Waals surface area contributed by atoms with Gasteiger partial charge >= 0.3 is 5.97 Å². The molecule has 0 N–H and O–H groups in total. The van der Waals surface area contributed by atoms with Crippen LogP contribution in [-0.4, -0.2) is 40.1 Å². The van der Waals surface area contributed by atoms with E-state index in [-0.39, 0.29) is 18.1 Å². The summed E-state index contributed by atoms with van der Waals surface area (Å²) >= 11 is 0. The van der Waals surface area contributed by atoms with Gasteiger partial charge in [-0.3, -0.25) is 9.69 Å². The second-order valence-electron chi connectivity index (χ2n) is 6.88. The van der Waals surface area contributed by atoms with Crippen LogP contribution in [0.5, 0.6) is 0 Å². The van der Waals surface area contributed by atoms with Crippen molar-refractivity contribution in [2.75, 3.05) is 13.7 Å². The molecular formula is C18H23N3O2. The average Bonchev–Trinajstić information content (AvgIpc) is 3.10. The fourth-order valence-corrected chi connectivity index (χ4v) is 4.23. The maximum atomic E-state index is 12.2. The van der Waals surface area contributed by atoms with Gasteiger partial charge in [-0.2, -0.15) is 0 Å². The molecule has 23 heavy (non-hydrogen) atoms. The molecule has 0 unspecified atom stereocenters. The van der Waals surface area contributed by atoms with E-state index in [2.05, 4.69) is 35.4 Å². The monoisotopic (exact) mass is 313 g/mol. The number of likely N-dealkylation sites (tertiary alicyclic amines) is 1. The number of ether oxygens (including phenoxy) is 1. The second kappa shape index (κ2) is 5.06. The molecule has 3 atom stereocenters. The number of nitrogens with zero attached hydrogens (tertiary/aromatic N) is 3. The summed E-state index contributed by atoms with van der Waals surface area (Å²) in [7, 11) is 2.03. The Labute approximate surface area is 136 Å². The van der Waals surface area contributed by atoms with Gasteiger partial charge in [-0.15, -0.1) is 0 Å². The number of likely N-dealkylation sites (N-methyl/N-ethyl adjacent to an activating group) is 1. The highest BCUT2D eigenvalue weighted by molar-refractivity contribution is 5.79. The molecule has 2 aliphatic heterocycles. The number of hydrogen-bond donors (Lipinski definition) is 0. The van der Waals surface area contributed by atoms with Crippen molar-refractivity contribution >= 4 is 17.0 Å². The highest BCUT2D eigenvalue weighted by Gasteiger charge is 2.49. The molecular weight excluding hydrogens is 290 g/mol. The van der Waals surface area contributed by atoms with Gasteiger partial charge in [-0.1, -0.05) is 0 Å². The van der Waals surface area contributed by atoms with E-state index in [1.807, 2.05) is 14.0 Å². The molecule has 0 bridgehead atoms. The number of imidazole rings is 1. The maximum absolute atomic E-state index is 12.2. The predicted octanol–water partition coefficient (Wildman–Crippen LogP) is 2.59. The largest absolute Gasteiger partial charge is 0.465 e. The van der Waals surface area contributed by atoms with Crippen LogP contribution in [0, 0.1) is 19.8 Å². The zero-order chi connectivity index (χ0) is 16.3. The SMILES string of the molecule is CCOC(=O)[C@H]1C[C@@H]2Cn3c(nc4cc(C)c(C)cc43)[C@@H]2N1C. The Hall–Kier alpha value is -1.88. The smallest absolute Gasteiger partial charge is 0.323 e. The molecule has 5 nitrogen and oxygen atoms in total. The molecule has 5 heteroatoms. The summed E-state index contributed by atoms with van der Waals surface area (Å²) in [6.45, 7) is 7.51. The molecule has 3 heterocycles. The number of aromatic nitrogens is 2. The van der Waals surface area contributed by atoms with E-state index in [1.165, 1.54) is 16.6 Å². The van der Waals surface area contributed by atoms with Gasteiger partial charge in [0.1, 0.15) is 11.9 Å². The van der Waals surface area contributed by atoms with Crippen molar-refractivity contribution in [3.63, 3.8) is 0 Å². The molecule has 1 aromatic carbocycles. The van der Waals surface area contributed by atoms with Gasteiger partial charge in [-0.25, -0.2) is 4.98 Å². The number of fused-ring (bicyclic) bond motifs is 5. The first-order valence-corrected chi connectivity index (χ1v) is 8.37. The van der Waals surface area contributed by atoms with Gasteiger partial charge in [0, 0.05) is 12.5 Å². The molecule has 4 rings (SSSR count). The molecule has 1 fully saturated rings. The normalized spacial score (nSPS) is 26.5. The third-order valence-corrected chi connectivity index (χ3v) is 5.54. The van der Waals surface area contributed by atoms with Crippen molar-refractivity contribution in [1.29, 1.82) is 0 Å². The highest BCUT2D eigenvalue weighted by Crippen LogP contribution is 2.46. The lowest BCUT2D eigenvalue weighted by atomic mass is 10.0. The lowest BCUT2D eigenvalue weighted by Crippen LogP contribution is -2.36. The Morgan fingerprint density at radius 2 is 2.09 bits per heavy atom. The number of aryl methyl sites for hydroxylation is 2. The number of rotatable bonds is 2. The lowest BCUT2D eigenvalue weighted by molar-refractivity contribution is -0.148. The molecule has 122 valence electrons. The van der Waals surface area contributed by atoms with E-state index in [1.54, 1.807) is 0 Å². The summed E-state index contributed by atoms with van der Waals surface area (Å²) in [6, 6.07) is 4.49. The lowest BCUT2D eigenvalue weighted by Gasteiger charge is -2.22. The Balaban J connectivity index is 1.73. The minimum absolute atomic E-state index is 0.0984. The van der Waals surface area contributed by atoms with Crippen molar-refractivity contribution in [3.8, 4) is 0 Å². The van der Waals surface area contributed by atoms with E-state index < -0.39 is 0 Å².